The third-order valence-electron chi connectivity index (χ3n) is 5.73. The van der Waals surface area contributed by atoms with Gasteiger partial charge in [-0.3, -0.25) is 4.90 Å². The normalized spacial score (nSPS) is 32.0. The molecule has 1 heterocycles. The van der Waals surface area contributed by atoms with Gasteiger partial charge in [0, 0.05) is 44.8 Å². The van der Waals surface area contributed by atoms with E-state index in [4.69, 9.17) is 0 Å². The lowest BCUT2D eigenvalue weighted by Crippen LogP contribution is -2.47. The fourth-order valence-electron chi connectivity index (χ4n) is 4.43. The van der Waals surface area contributed by atoms with Crippen molar-refractivity contribution in [1.29, 1.82) is 0 Å². The van der Waals surface area contributed by atoms with Gasteiger partial charge in [0.15, 0.2) is 0 Å². The molecule has 0 aromatic heterocycles. The van der Waals surface area contributed by atoms with Crippen LogP contribution in [0.5, 0.6) is 0 Å². The van der Waals surface area contributed by atoms with E-state index in [1.54, 1.807) is 12.1 Å². The number of halogens is 1. The summed E-state index contributed by atoms with van der Waals surface area (Å²) in [5.41, 5.74) is 0.828. The summed E-state index contributed by atoms with van der Waals surface area (Å²) in [5, 5.41) is 0. The van der Waals surface area contributed by atoms with Crippen LogP contribution in [0, 0.1) is 23.6 Å². The van der Waals surface area contributed by atoms with Crippen LogP contribution in [0.3, 0.4) is 0 Å². The third kappa shape index (κ3) is 2.97. The highest BCUT2D eigenvalue weighted by atomic mass is 19.1. The number of nitrogens with zero attached hydrogens (tertiary/aromatic N) is 2. The maximum absolute atomic E-state index is 13.7. The Hall–Kier alpha value is -1.19. The Bertz CT molecular complexity index is 548. The summed E-state index contributed by atoms with van der Waals surface area (Å²) in [6.07, 6.45) is 7.68. The second-order valence-corrected chi connectivity index (χ2v) is 7.21. The summed E-state index contributed by atoms with van der Waals surface area (Å²) in [5.74, 6) is 2.53. The zero-order valence-corrected chi connectivity index (χ0v) is 13.1. The molecule has 1 aromatic carbocycles. The molecule has 3 unspecified atom stereocenters. The highest BCUT2D eigenvalue weighted by Crippen LogP contribution is 2.43. The number of piperazine rings is 1. The molecule has 0 spiro atoms. The first kappa shape index (κ1) is 14.4. The smallest absolute Gasteiger partial charge is 0.127 e. The Morgan fingerprint density at radius 1 is 0.955 bits per heavy atom. The largest absolute Gasteiger partial charge is 0.300 e. The van der Waals surface area contributed by atoms with Crippen LogP contribution in [0.1, 0.15) is 18.4 Å². The Kier molecular flexibility index (Phi) is 4.01. The summed E-state index contributed by atoms with van der Waals surface area (Å²) < 4.78 is 13.7. The maximum Gasteiger partial charge on any atom is 0.127 e. The zero-order valence-electron chi connectivity index (χ0n) is 13.1. The van der Waals surface area contributed by atoms with E-state index in [0.717, 1.165) is 56.0 Å². The van der Waals surface area contributed by atoms with E-state index in [9.17, 15) is 4.39 Å². The lowest BCUT2D eigenvalue weighted by atomic mass is 9.93. The Labute approximate surface area is 132 Å². The minimum absolute atomic E-state index is 0.0707. The first-order valence-corrected chi connectivity index (χ1v) is 8.64. The Morgan fingerprint density at radius 3 is 2.41 bits per heavy atom. The van der Waals surface area contributed by atoms with Crippen LogP contribution < -0.4 is 0 Å². The van der Waals surface area contributed by atoms with E-state index in [2.05, 4.69) is 22.0 Å². The van der Waals surface area contributed by atoms with E-state index in [1.165, 1.54) is 19.4 Å². The number of allylic oxidation sites excluding steroid dienone is 2. The van der Waals surface area contributed by atoms with Gasteiger partial charge < -0.3 is 4.90 Å². The highest BCUT2D eigenvalue weighted by Gasteiger charge is 2.36. The summed E-state index contributed by atoms with van der Waals surface area (Å²) in [6.45, 7) is 6.39. The topological polar surface area (TPSA) is 6.48 Å². The Balaban J connectivity index is 1.26. The van der Waals surface area contributed by atoms with E-state index in [-0.39, 0.29) is 5.82 Å². The van der Waals surface area contributed by atoms with Crippen LogP contribution >= 0.6 is 0 Å². The molecule has 0 N–H and O–H groups in total. The third-order valence-corrected chi connectivity index (χ3v) is 5.73. The Morgan fingerprint density at radius 2 is 1.73 bits per heavy atom. The van der Waals surface area contributed by atoms with Crippen molar-refractivity contribution in [3.8, 4) is 0 Å². The minimum Gasteiger partial charge on any atom is -0.300 e. The summed E-state index contributed by atoms with van der Waals surface area (Å²) in [4.78, 5) is 5.01. The summed E-state index contributed by atoms with van der Waals surface area (Å²) in [6, 6.07) is 7.16. The fourth-order valence-corrected chi connectivity index (χ4v) is 4.43. The van der Waals surface area contributed by atoms with Gasteiger partial charge in [-0.15, -0.1) is 0 Å². The molecular formula is C19H25FN2. The predicted octanol–water partition coefficient (Wildman–Crippen LogP) is 3.16. The van der Waals surface area contributed by atoms with Crippen LogP contribution in [-0.4, -0.2) is 42.5 Å². The molecule has 4 rings (SSSR count). The molecule has 0 amide bonds. The molecular weight excluding hydrogens is 275 g/mol. The molecule has 1 saturated carbocycles. The fraction of sp³-hybridized carbons (Fsp3) is 0.579. The van der Waals surface area contributed by atoms with Gasteiger partial charge in [0.1, 0.15) is 5.82 Å². The lowest BCUT2D eigenvalue weighted by Gasteiger charge is -2.37. The quantitative estimate of drug-likeness (QED) is 0.788. The molecule has 3 heteroatoms. The standard InChI is InChI=1S/C19H25FN2/c20-19-4-2-1-3-17(19)13-21-7-9-22(10-8-21)14-18-12-15-5-6-16(18)11-15/h1-6,15-16,18H,7-14H2. The monoisotopic (exact) mass is 300 g/mol. The van der Waals surface area contributed by atoms with Crippen LogP contribution in [0.2, 0.25) is 0 Å². The molecule has 2 bridgehead atoms. The maximum atomic E-state index is 13.7. The molecule has 3 aliphatic rings. The second-order valence-electron chi connectivity index (χ2n) is 7.21. The molecule has 118 valence electrons. The molecule has 3 atom stereocenters. The van der Waals surface area contributed by atoms with Crippen molar-refractivity contribution in [3.05, 3.63) is 47.8 Å². The van der Waals surface area contributed by atoms with Crippen molar-refractivity contribution in [2.24, 2.45) is 17.8 Å². The van der Waals surface area contributed by atoms with Crippen molar-refractivity contribution in [2.75, 3.05) is 32.7 Å². The van der Waals surface area contributed by atoms with Gasteiger partial charge in [-0.1, -0.05) is 30.4 Å². The van der Waals surface area contributed by atoms with Crippen molar-refractivity contribution >= 4 is 0 Å². The van der Waals surface area contributed by atoms with Gasteiger partial charge in [-0.2, -0.15) is 0 Å². The van der Waals surface area contributed by atoms with Crippen LogP contribution in [0.4, 0.5) is 4.39 Å². The highest BCUT2D eigenvalue weighted by molar-refractivity contribution is 5.17. The SMILES string of the molecule is Fc1ccccc1CN1CCN(CC2CC3C=CC2C3)CC1. The minimum atomic E-state index is -0.0707. The molecule has 2 nitrogen and oxygen atoms in total. The van der Waals surface area contributed by atoms with Crippen molar-refractivity contribution in [3.63, 3.8) is 0 Å². The van der Waals surface area contributed by atoms with Crippen LogP contribution in [-0.2, 0) is 6.54 Å². The first-order valence-electron chi connectivity index (χ1n) is 8.64. The van der Waals surface area contributed by atoms with Gasteiger partial charge in [0.2, 0.25) is 0 Å². The lowest BCUT2D eigenvalue weighted by molar-refractivity contribution is 0.108. The molecule has 1 aromatic rings. The number of fused-ring (bicyclic) bond motifs is 2. The molecule has 2 fully saturated rings. The van der Waals surface area contributed by atoms with Gasteiger partial charge in [0.25, 0.3) is 0 Å². The van der Waals surface area contributed by atoms with Crippen molar-refractivity contribution in [2.45, 2.75) is 19.4 Å². The molecule has 2 aliphatic carbocycles. The average Bonchev–Trinajstić information content (AvgIpc) is 3.14. The van der Waals surface area contributed by atoms with E-state index < -0.39 is 0 Å². The van der Waals surface area contributed by atoms with E-state index in [1.807, 2.05) is 12.1 Å². The number of rotatable bonds is 4. The average molecular weight is 300 g/mol. The molecule has 1 aliphatic heterocycles. The predicted molar refractivity (Wildman–Crippen MR) is 87.0 cm³/mol. The second kappa shape index (κ2) is 6.13. The van der Waals surface area contributed by atoms with Crippen LogP contribution in [0.15, 0.2) is 36.4 Å². The summed E-state index contributed by atoms with van der Waals surface area (Å²) >= 11 is 0. The van der Waals surface area contributed by atoms with E-state index in [0.29, 0.717) is 0 Å². The van der Waals surface area contributed by atoms with Gasteiger partial charge in [-0.25, -0.2) is 4.39 Å². The van der Waals surface area contributed by atoms with Crippen molar-refractivity contribution < 1.29 is 4.39 Å². The molecule has 0 radical (unpaired) electrons. The molecule has 22 heavy (non-hydrogen) atoms. The number of hydrogen-bond acceptors (Lipinski definition) is 2. The van der Waals surface area contributed by atoms with Crippen LogP contribution in [0.25, 0.3) is 0 Å². The first-order chi connectivity index (χ1) is 10.8. The van der Waals surface area contributed by atoms with Gasteiger partial charge in [-0.05, 0) is 36.7 Å². The molecule has 1 saturated heterocycles. The van der Waals surface area contributed by atoms with Crippen molar-refractivity contribution in [1.82, 2.24) is 9.80 Å². The number of benzene rings is 1. The zero-order chi connectivity index (χ0) is 14.9. The van der Waals surface area contributed by atoms with Gasteiger partial charge in [0.05, 0.1) is 0 Å². The van der Waals surface area contributed by atoms with Gasteiger partial charge >= 0.3 is 0 Å². The number of hydrogen-bond donors (Lipinski definition) is 0. The van der Waals surface area contributed by atoms with E-state index >= 15 is 0 Å². The summed E-state index contributed by atoms with van der Waals surface area (Å²) in [7, 11) is 0.